The number of hydrogen-bond acceptors (Lipinski definition) is 2. The molecule has 1 fully saturated rings. The van der Waals surface area contributed by atoms with Crippen molar-refractivity contribution in [2.75, 3.05) is 0 Å². The quantitative estimate of drug-likeness (QED) is 0.580. The first kappa shape index (κ1) is 19.7. The second-order valence-electron chi connectivity index (χ2n) is 8.85. The van der Waals surface area contributed by atoms with E-state index >= 15 is 0 Å². The van der Waals surface area contributed by atoms with Gasteiger partial charge in [-0.05, 0) is 87.1 Å². The summed E-state index contributed by atoms with van der Waals surface area (Å²) in [6.07, 6.45) is 4.37. The van der Waals surface area contributed by atoms with Crippen molar-refractivity contribution < 1.29 is 4.79 Å². The third-order valence-corrected chi connectivity index (χ3v) is 5.25. The number of amides is 1. The minimum atomic E-state index is -0.304. The Morgan fingerprint density at radius 2 is 1.76 bits per heavy atom. The molecule has 1 heterocycles. The van der Waals surface area contributed by atoms with E-state index in [0.29, 0.717) is 10.6 Å². The van der Waals surface area contributed by atoms with Gasteiger partial charge in [-0.3, -0.25) is 9.48 Å². The van der Waals surface area contributed by atoms with E-state index in [0.717, 1.165) is 34.8 Å². The van der Waals surface area contributed by atoms with Gasteiger partial charge in [0, 0.05) is 34.4 Å². The van der Waals surface area contributed by atoms with Gasteiger partial charge in [0.1, 0.15) is 0 Å². The monoisotopic (exact) mass is 407 g/mol. The van der Waals surface area contributed by atoms with Crippen molar-refractivity contribution in [2.45, 2.75) is 45.7 Å². The molecule has 0 bridgehead atoms. The highest BCUT2D eigenvalue weighted by Crippen LogP contribution is 2.33. The Kier molecular flexibility index (Phi) is 5.22. The number of carbonyl (C=O) groups excluding carboxylic acids is 1. The fourth-order valence-electron chi connectivity index (χ4n) is 3.40. The van der Waals surface area contributed by atoms with Gasteiger partial charge in [0.05, 0.1) is 5.69 Å². The molecule has 1 aromatic heterocycles. The summed E-state index contributed by atoms with van der Waals surface area (Å²) in [7, 11) is 0. The maximum absolute atomic E-state index is 12.9. The van der Waals surface area contributed by atoms with Crippen LogP contribution in [0.25, 0.3) is 22.4 Å². The number of rotatable bonds is 5. The molecule has 4 nitrogen and oxygen atoms in total. The molecule has 1 N–H and O–H groups in total. The number of benzene rings is 2. The molecule has 0 radical (unpaired) electrons. The molecule has 0 atom stereocenters. The molecule has 5 heteroatoms. The van der Waals surface area contributed by atoms with E-state index in [9.17, 15) is 4.79 Å². The lowest BCUT2D eigenvalue weighted by Gasteiger charge is -2.21. The van der Waals surface area contributed by atoms with E-state index in [4.69, 9.17) is 11.6 Å². The molecule has 2 aromatic carbocycles. The summed E-state index contributed by atoms with van der Waals surface area (Å²) >= 11 is 6.07. The molecule has 1 aliphatic carbocycles. The molecule has 1 amide bonds. The Hall–Kier alpha value is -2.59. The number of aromatic nitrogens is 2. The highest BCUT2D eigenvalue weighted by molar-refractivity contribution is 6.30. The van der Waals surface area contributed by atoms with Crippen molar-refractivity contribution in [3.63, 3.8) is 0 Å². The minimum absolute atomic E-state index is 0.0807. The number of carbonyl (C=O) groups is 1. The summed E-state index contributed by atoms with van der Waals surface area (Å²) in [5.41, 5.74) is 4.38. The van der Waals surface area contributed by atoms with Gasteiger partial charge in [-0.15, -0.1) is 0 Å². The topological polar surface area (TPSA) is 46.9 Å². The number of nitrogens with one attached hydrogen (secondary N) is 1. The lowest BCUT2D eigenvalue weighted by molar-refractivity contribution is 0.0919. The van der Waals surface area contributed by atoms with Crippen molar-refractivity contribution >= 4 is 17.5 Å². The standard InChI is InChI=1S/C24H26ClN3O/c1-24(2,3)27-23(29)20-13-18(17-6-8-21(25)9-7-17)12-19(14-20)22-10-11-26-28(22)15-16-4-5-16/h6-14,16H,4-5,15H2,1-3H3,(H,27,29). The molecule has 3 aromatic rings. The van der Waals surface area contributed by atoms with Crippen LogP contribution >= 0.6 is 11.6 Å². The summed E-state index contributed by atoms with van der Waals surface area (Å²) in [6.45, 7) is 6.88. The summed E-state index contributed by atoms with van der Waals surface area (Å²) in [6, 6.07) is 15.7. The third kappa shape index (κ3) is 4.88. The van der Waals surface area contributed by atoms with Crippen LogP contribution in [0.15, 0.2) is 54.7 Å². The van der Waals surface area contributed by atoms with Crippen molar-refractivity contribution in [3.05, 3.63) is 65.3 Å². The van der Waals surface area contributed by atoms with E-state index in [1.54, 1.807) is 0 Å². The van der Waals surface area contributed by atoms with E-state index in [2.05, 4.69) is 21.2 Å². The Morgan fingerprint density at radius 1 is 1.07 bits per heavy atom. The van der Waals surface area contributed by atoms with Gasteiger partial charge in [0.2, 0.25) is 0 Å². The zero-order valence-electron chi connectivity index (χ0n) is 17.1. The van der Waals surface area contributed by atoms with Crippen LogP contribution in [0.5, 0.6) is 0 Å². The fraction of sp³-hybridized carbons (Fsp3) is 0.333. The third-order valence-electron chi connectivity index (χ3n) is 5.00. The second-order valence-corrected chi connectivity index (χ2v) is 9.29. The molecule has 0 spiro atoms. The molecule has 0 aliphatic heterocycles. The summed E-state index contributed by atoms with van der Waals surface area (Å²) in [5, 5.41) is 8.28. The molecule has 29 heavy (non-hydrogen) atoms. The molecule has 0 saturated heterocycles. The van der Waals surface area contributed by atoms with E-state index in [-0.39, 0.29) is 11.4 Å². The van der Waals surface area contributed by atoms with Crippen molar-refractivity contribution in [2.24, 2.45) is 5.92 Å². The largest absolute Gasteiger partial charge is 0.347 e. The highest BCUT2D eigenvalue weighted by atomic mass is 35.5. The zero-order chi connectivity index (χ0) is 20.6. The first-order chi connectivity index (χ1) is 13.8. The van der Waals surface area contributed by atoms with Crippen molar-refractivity contribution in [3.8, 4) is 22.4 Å². The maximum atomic E-state index is 12.9. The zero-order valence-corrected chi connectivity index (χ0v) is 17.8. The number of hydrogen-bond donors (Lipinski definition) is 1. The van der Waals surface area contributed by atoms with Gasteiger partial charge >= 0.3 is 0 Å². The predicted octanol–water partition coefficient (Wildman–Crippen LogP) is 5.81. The smallest absolute Gasteiger partial charge is 0.251 e. The van der Waals surface area contributed by atoms with E-state index in [1.807, 2.05) is 69.4 Å². The van der Waals surface area contributed by atoms with Crippen LogP contribution in [0.2, 0.25) is 5.02 Å². The second kappa shape index (κ2) is 7.68. The first-order valence-corrected chi connectivity index (χ1v) is 10.4. The average Bonchev–Trinajstić information content (AvgIpc) is 3.35. The minimum Gasteiger partial charge on any atom is -0.347 e. The van der Waals surface area contributed by atoms with Crippen LogP contribution in [0.1, 0.15) is 44.0 Å². The van der Waals surface area contributed by atoms with Crippen LogP contribution in [0.4, 0.5) is 0 Å². The van der Waals surface area contributed by atoms with Crippen LogP contribution < -0.4 is 5.32 Å². The van der Waals surface area contributed by atoms with Crippen LogP contribution in [-0.2, 0) is 6.54 Å². The predicted molar refractivity (Wildman–Crippen MR) is 118 cm³/mol. The highest BCUT2D eigenvalue weighted by Gasteiger charge is 2.24. The SMILES string of the molecule is CC(C)(C)NC(=O)c1cc(-c2ccc(Cl)cc2)cc(-c2ccnn2CC2CC2)c1. The fourth-order valence-corrected chi connectivity index (χ4v) is 3.52. The molecule has 4 rings (SSSR count). The lowest BCUT2D eigenvalue weighted by atomic mass is 9.97. The Balaban J connectivity index is 1.78. The van der Waals surface area contributed by atoms with Crippen LogP contribution in [-0.4, -0.2) is 21.2 Å². The van der Waals surface area contributed by atoms with Crippen LogP contribution in [0.3, 0.4) is 0 Å². The van der Waals surface area contributed by atoms with Crippen molar-refractivity contribution in [1.29, 1.82) is 0 Å². The van der Waals surface area contributed by atoms with Gasteiger partial charge in [-0.1, -0.05) is 23.7 Å². The van der Waals surface area contributed by atoms with Crippen molar-refractivity contribution in [1.82, 2.24) is 15.1 Å². The summed E-state index contributed by atoms with van der Waals surface area (Å²) < 4.78 is 2.06. The summed E-state index contributed by atoms with van der Waals surface area (Å²) in [4.78, 5) is 12.9. The maximum Gasteiger partial charge on any atom is 0.251 e. The van der Waals surface area contributed by atoms with Gasteiger partial charge < -0.3 is 5.32 Å². The van der Waals surface area contributed by atoms with Gasteiger partial charge in [-0.2, -0.15) is 5.10 Å². The number of halogens is 1. The first-order valence-electron chi connectivity index (χ1n) is 10.0. The molecule has 150 valence electrons. The molecule has 1 aliphatic rings. The number of nitrogens with zero attached hydrogens (tertiary/aromatic N) is 2. The normalized spacial score (nSPS) is 14.1. The Morgan fingerprint density at radius 3 is 2.41 bits per heavy atom. The lowest BCUT2D eigenvalue weighted by Crippen LogP contribution is -2.40. The van der Waals surface area contributed by atoms with Gasteiger partial charge in [0.15, 0.2) is 0 Å². The summed E-state index contributed by atoms with van der Waals surface area (Å²) in [5.74, 6) is 0.638. The van der Waals surface area contributed by atoms with Gasteiger partial charge in [-0.25, -0.2) is 0 Å². The molecular weight excluding hydrogens is 382 g/mol. The Labute approximate surface area is 176 Å². The molecule has 0 unspecified atom stereocenters. The Bertz CT molecular complexity index is 1030. The van der Waals surface area contributed by atoms with E-state index in [1.165, 1.54) is 12.8 Å². The van der Waals surface area contributed by atoms with Gasteiger partial charge in [0.25, 0.3) is 5.91 Å². The average molecular weight is 408 g/mol. The van der Waals surface area contributed by atoms with Crippen LogP contribution in [0, 0.1) is 5.92 Å². The van der Waals surface area contributed by atoms with E-state index < -0.39 is 0 Å². The molecule has 1 saturated carbocycles. The molecular formula is C24H26ClN3O.